The summed E-state index contributed by atoms with van der Waals surface area (Å²) in [4.78, 5) is 25.5. The summed E-state index contributed by atoms with van der Waals surface area (Å²) in [7, 11) is 0. The van der Waals surface area contributed by atoms with E-state index in [2.05, 4.69) is 0 Å². The SMILES string of the molecule is Nc1ccccc1C(=O)N1C2CCC1C(C(=O)O)C2. The Morgan fingerprint density at radius 1 is 1.26 bits per heavy atom. The molecular weight excluding hydrogens is 244 g/mol. The smallest absolute Gasteiger partial charge is 0.308 e. The zero-order valence-electron chi connectivity index (χ0n) is 10.5. The van der Waals surface area contributed by atoms with Crippen LogP contribution in [0.3, 0.4) is 0 Å². The fourth-order valence-corrected chi connectivity index (χ4v) is 3.40. The van der Waals surface area contributed by atoms with Crippen molar-refractivity contribution in [3.63, 3.8) is 0 Å². The molecule has 5 nitrogen and oxygen atoms in total. The molecule has 0 aliphatic carbocycles. The molecular formula is C14H16N2O3. The van der Waals surface area contributed by atoms with Crippen LogP contribution in [0.2, 0.25) is 0 Å². The molecule has 3 unspecified atom stereocenters. The number of rotatable bonds is 2. The summed E-state index contributed by atoms with van der Waals surface area (Å²) in [6.45, 7) is 0. The second-order valence-electron chi connectivity index (χ2n) is 5.28. The van der Waals surface area contributed by atoms with Crippen LogP contribution in [-0.2, 0) is 4.79 Å². The number of nitrogen functional groups attached to an aromatic ring is 1. The number of carboxylic acids is 1. The third kappa shape index (κ3) is 1.77. The number of para-hydroxylation sites is 1. The van der Waals surface area contributed by atoms with Crippen LogP contribution >= 0.6 is 0 Å². The van der Waals surface area contributed by atoms with Crippen LogP contribution in [0.1, 0.15) is 29.6 Å². The highest BCUT2D eigenvalue weighted by Gasteiger charge is 2.51. The molecule has 100 valence electrons. The first-order valence-corrected chi connectivity index (χ1v) is 6.49. The molecule has 1 aromatic carbocycles. The molecule has 19 heavy (non-hydrogen) atoms. The van der Waals surface area contributed by atoms with E-state index in [1.165, 1.54) is 0 Å². The van der Waals surface area contributed by atoms with Crippen LogP contribution in [0.4, 0.5) is 5.69 Å². The number of hydrogen-bond acceptors (Lipinski definition) is 3. The molecule has 0 saturated carbocycles. The summed E-state index contributed by atoms with van der Waals surface area (Å²) in [5.74, 6) is -1.35. The van der Waals surface area contributed by atoms with E-state index in [-0.39, 0.29) is 18.0 Å². The molecule has 0 aromatic heterocycles. The summed E-state index contributed by atoms with van der Waals surface area (Å²) >= 11 is 0. The molecule has 1 aromatic rings. The molecule has 2 fully saturated rings. The van der Waals surface area contributed by atoms with Gasteiger partial charge in [-0.05, 0) is 31.4 Å². The largest absolute Gasteiger partial charge is 0.481 e. The first-order chi connectivity index (χ1) is 9.09. The number of anilines is 1. The van der Waals surface area contributed by atoms with Crippen LogP contribution in [-0.4, -0.2) is 34.0 Å². The van der Waals surface area contributed by atoms with Gasteiger partial charge in [0, 0.05) is 17.8 Å². The predicted octanol–water partition coefficient (Wildman–Crippen LogP) is 1.35. The van der Waals surface area contributed by atoms with Crippen molar-refractivity contribution in [2.45, 2.75) is 31.3 Å². The third-order valence-corrected chi connectivity index (χ3v) is 4.28. The molecule has 0 spiro atoms. The third-order valence-electron chi connectivity index (χ3n) is 4.28. The minimum Gasteiger partial charge on any atom is -0.481 e. The van der Waals surface area contributed by atoms with Gasteiger partial charge in [-0.15, -0.1) is 0 Å². The highest BCUT2D eigenvalue weighted by Crippen LogP contribution is 2.42. The van der Waals surface area contributed by atoms with Crippen molar-refractivity contribution in [1.82, 2.24) is 4.90 Å². The van der Waals surface area contributed by atoms with Gasteiger partial charge in [-0.3, -0.25) is 9.59 Å². The number of aliphatic carboxylic acids is 1. The van der Waals surface area contributed by atoms with Crippen molar-refractivity contribution in [1.29, 1.82) is 0 Å². The Kier molecular flexibility index (Phi) is 2.69. The van der Waals surface area contributed by atoms with Gasteiger partial charge in [-0.25, -0.2) is 0 Å². The van der Waals surface area contributed by atoms with Crippen molar-refractivity contribution in [2.24, 2.45) is 5.92 Å². The van der Waals surface area contributed by atoms with Crippen molar-refractivity contribution < 1.29 is 14.7 Å². The predicted molar refractivity (Wildman–Crippen MR) is 69.6 cm³/mol. The molecule has 5 heteroatoms. The maximum absolute atomic E-state index is 12.5. The topological polar surface area (TPSA) is 83.6 Å². The van der Waals surface area contributed by atoms with Crippen molar-refractivity contribution in [3.8, 4) is 0 Å². The van der Waals surface area contributed by atoms with Gasteiger partial charge in [0.25, 0.3) is 5.91 Å². The zero-order chi connectivity index (χ0) is 13.6. The van der Waals surface area contributed by atoms with E-state index in [0.29, 0.717) is 17.7 Å². The number of hydrogen-bond donors (Lipinski definition) is 2. The molecule has 2 aliphatic heterocycles. The number of benzene rings is 1. The molecule has 3 atom stereocenters. The summed E-state index contributed by atoms with van der Waals surface area (Å²) in [5.41, 5.74) is 6.76. The van der Waals surface area contributed by atoms with Crippen LogP contribution < -0.4 is 5.73 Å². The fraction of sp³-hybridized carbons (Fsp3) is 0.429. The van der Waals surface area contributed by atoms with Gasteiger partial charge in [0.2, 0.25) is 0 Å². The maximum atomic E-state index is 12.5. The van der Waals surface area contributed by atoms with E-state index in [9.17, 15) is 14.7 Å². The van der Waals surface area contributed by atoms with Crippen molar-refractivity contribution in [3.05, 3.63) is 29.8 Å². The Bertz CT molecular complexity index is 543. The Morgan fingerprint density at radius 2 is 2.00 bits per heavy atom. The minimum absolute atomic E-state index is 0.0539. The van der Waals surface area contributed by atoms with Gasteiger partial charge in [-0.2, -0.15) is 0 Å². The van der Waals surface area contributed by atoms with E-state index in [4.69, 9.17) is 5.73 Å². The second kappa shape index (κ2) is 4.26. The summed E-state index contributed by atoms with van der Waals surface area (Å²) in [6, 6.07) is 6.83. The molecule has 2 saturated heterocycles. The lowest BCUT2D eigenvalue weighted by atomic mass is 9.89. The molecule has 2 heterocycles. The molecule has 2 bridgehead atoms. The quantitative estimate of drug-likeness (QED) is 0.786. The summed E-state index contributed by atoms with van der Waals surface area (Å²) in [6.07, 6.45) is 2.24. The van der Waals surface area contributed by atoms with Crippen molar-refractivity contribution in [2.75, 3.05) is 5.73 Å². The zero-order valence-corrected chi connectivity index (χ0v) is 10.5. The average molecular weight is 260 g/mol. The number of carbonyl (C=O) groups excluding carboxylic acids is 1. The highest BCUT2D eigenvalue weighted by molar-refractivity contribution is 6.00. The monoisotopic (exact) mass is 260 g/mol. The number of nitrogens with two attached hydrogens (primary N) is 1. The number of carbonyl (C=O) groups is 2. The molecule has 0 radical (unpaired) electrons. The standard InChI is InChI=1S/C14H16N2O3/c15-11-4-2-1-3-9(11)13(17)16-8-5-6-12(16)10(7-8)14(18)19/h1-4,8,10,12H,5-7,15H2,(H,18,19). The lowest BCUT2D eigenvalue weighted by Crippen LogP contribution is -2.38. The van der Waals surface area contributed by atoms with Crippen LogP contribution in [0, 0.1) is 5.92 Å². The van der Waals surface area contributed by atoms with Crippen LogP contribution in [0.15, 0.2) is 24.3 Å². The molecule has 2 aliphatic rings. The number of amides is 1. The van der Waals surface area contributed by atoms with E-state index in [1.807, 2.05) is 0 Å². The lowest BCUT2D eigenvalue weighted by Gasteiger charge is -2.23. The molecule has 3 N–H and O–H groups in total. The summed E-state index contributed by atoms with van der Waals surface area (Å²) in [5, 5.41) is 9.20. The Balaban J connectivity index is 1.90. The van der Waals surface area contributed by atoms with E-state index in [1.54, 1.807) is 29.2 Å². The lowest BCUT2D eigenvalue weighted by molar-refractivity contribution is -0.142. The van der Waals surface area contributed by atoms with E-state index in [0.717, 1.165) is 12.8 Å². The average Bonchev–Trinajstić information content (AvgIpc) is 2.96. The van der Waals surface area contributed by atoms with Crippen LogP contribution in [0.5, 0.6) is 0 Å². The Hall–Kier alpha value is -2.04. The van der Waals surface area contributed by atoms with Gasteiger partial charge in [0.15, 0.2) is 0 Å². The summed E-state index contributed by atoms with van der Waals surface area (Å²) < 4.78 is 0. The minimum atomic E-state index is -0.800. The Morgan fingerprint density at radius 3 is 2.63 bits per heavy atom. The highest BCUT2D eigenvalue weighted by atomic mass is 16.4. The van der Waals surface area contributed by atoms with Gasteiger partial charge < -0.3 is 15.7 Å². The van der Waals surface area contributed by atoms with Gasteiger partial charge >= 0.3 is 5.97 Å². The van der Waals surface area contributed by atoms with E-state index < -0.39 is 11.9 Å². The van der Waals surface area contributed by atoms with Crippen molar-refractivity contribution >= 4 is 17.6 Å². The maximum Gasteiger partial charge on any atom is 0.308 e. The first kappa shape index (κ1) is 12.0. The number of carboxylic acid groups (broad SMARTS) is 1. The van der Waals surface area contributed by atoms with Gasteiger partial charge in [0.05, 0.1) is 11.5 Å². The Labute approximate surface area is 111 Å². The number of nitrogens with zero attached hydrogens (tertiary/aromatic N) is 1. The van der Waals surface area contributed by atoms with Gasteiger partial charge in [0.1, 0.15) is 0 Å². The number of fused-ring (bicyclic) bond motifs is 2. The van der Waals surface area contributed by atoms with E-state index >= 15 is 0 Å². The first-order valence-electron chi connectivity index (χ1n) is 6.49. The second-order valence-corrected chi connectivity index (χ2v) is 5.28. The normalized spacial score (nSPS) is 28.6. The van der Waals surface area contributed by atoms with Crippen LogP contribution in [0.25, 0.3) is 0 Å². The van der Waals surface area contributed by atoms with Gasteiger partial charge in [-0.1, -0.05) is 12.1 Å². The fourth-order valence-electron chi connectivity index (χ4n) is 3.40. The molecule has 3 rings (SSSR count). The molecule has 1 amide bonds.